The van der Waals surface area contributed by atoms with Gasteiger partial charge in [0.2, 0.25) is 0 Å². The number of aliphatic hydroxyl groups excluding tert-OH is 2. The lowest BCUT2D eigenvalue weighted by atomic mass is 9.92. The predicted octanol–water partition coefficient (Wildman–Crippen LogP) is 10.7. The summed E-state index contributed by atoms with van der Waals surface area (Å²) in [7, 11) is -2.29. The summed E-state index contributed by atoms with van der Waals surface area (Å²) in [5.74, 6) is 0.777. The molecular weight excluding hydrogens is 804 g/mol. The second-order valence-corrected chi connectivity index (χ2v) is 22.7. The molecule has 2 N–H and O–H groups in total. The van der Waals surface area contributed by atoms with Gasteiger partial charge in [-0.15, -0.1) is 0 Å². The summed E-state index contributed by atoms with van der Waals surface area (Å²) in [5, 5.41) is 25.4. The highest BCUT2D eigenvalue weighted by molar-refractivity contribution is 6.74. The standard InChI is InChI=1S/C51H63ClO8Si/c1-51(2,3)61(4,5)60-36-46(53)48(57-33-38-15-9-6-10-16-38)50(59-35-40-19-13-8-14-20-40)49(58-34-39-17-11-7-12-18-39)47(54)41-23-28-45(52)42(32-41)31-37-21-24-43(25-22-37)55-29-30-56-44-26-27-44/h6-25,28,32,44,46-50,53-54H,26-27,29-31,33-36H2,1-5H3. The lowest BCUT2D eigenvalue weighted by Gasteiger charge is -2.40. The third kappa shape index (κ3) is 14.3. The zero-order valence-electron chi connectivity index (χ0n) is 36.3. The highest BCUT2D eigenvalue weighted by Gasteiger charge is 2.43. The van der Waals surface area contributed by atoms with E-state index in [1.54, 1.807) is 0 Å². The summed E-state index contributed by atoms with van der Waals surface area (Å²) >= 11 is 6.85. The molecule has 0 spiro atoms. The Morgan fingerprint density at radius 2 is 1.16 bits per heavy atom. The summed E-state index contributed by atoms with van der Waals surface area (Å²) in [6.45, 7) is 12.5. The van der Waals surface area contributed by atoms with Crippen molar-refractivity contribution in [3.05, 3.63) is 172 Å². The molecule has 326 valence electrons. The molecule has 0 aliphatic heterocycles. The molecule has 0 bridgehead atoms. The van der Waals surface area contributed by atoms with Gasteiger partial charge in [-0.1, -0.05) is 148 Å². The first kappa shape index (κ1) is 46.6. The number of ether oxygens (including phenoxy) is 5. The van der Waals surface area contributed by atoms with E-state index >= 15 is 0 Å². The van der Waals surface area contributed by atoms with Crippen molar-refractivity contribution in [1.82, 2.24) is 0 Å². The van der Waals surface area contributed by atoms with E-state index in [0.29, 0.717) is 36.3 Å². The molecule has 1 fully saturated rings. The minimum Gasteiger partial charge on any atom is -0.491 e. The SMILES string of the molecule is CC(C)(C)[Si](C)(C)OCC(O)C(OCc1ccccc1)C(OCc1ccccc1)C(OCc1ccccc1)C(O)c1ccc(Cl)c(Cc2ccc(OCCOC3CC3)cc2)c1. The minimum atomic E-state index is -2.29. The molecule has 5 aromatic rings. The van der Waals surface area contributed by atoms with Crippen molar-refractivity contribution in [3.63, 3.8) is 0 Å². The van der Waals surface area contributed by atoms with Crippen molar-refractivity contribution >= 4 is 19.9 Å². The van der Waals surface area contributed by atoms with Gasteiger partial charge in [-0.3, -0.25) is 0 Å². The third-order valence-corrected chi connectivity index (χ3v) is 16.4. The fraction of sp³-hybridized carbons (Fsp3) is 0.412. The molecule has 5 unspecified atom stereocenters. The molecule has 0 aromatic heterocycles. The van der Waals surface area contributed by atoms with E-state index in [-0.39, 0.29) is 31.5 Å². The normalized spacial score (nSPS) is 15.8. The van der Waals surface area contributed by atoms with Crippen LogP contribution < -0.4 is 4.74 Å². The Balaban J connectivity index is 1.32. The average Bonchev–Trinajstić information content (AvgIpc) is 4.10. The van der Waals surface area contributed by atoms with Crippen molar-refractivity contribution in [2.75, 3.05) is 19.8 Å². The van der Waals surface area contributed by atoms with Crippen molar-refractivity contribution in [3.8, 4) is 5.75 Å². The molecule has 0 amide bonds. The fourth-order valence-electron chi connectivity index (χ4n) is 6.71. The highest BCUT2D eigenvalue weighted by atomic mass is 35.5. The number of aliphatic hydroxyl groups is 2. The van der Waals surface area contributed by atoms with Crippen molar-refractivity contribution in [1.29, 1.82) is 0 Å². The molecule has 5 aromatic carbocycles. The average molecular weight is 868 g/mol. The maximum atomic E-state index is 12.6. The molecule has 8 nitrogen and oxygen atoms in total. The monoisotopic (exact) mass is 866 g/mol. The molecule has 1 aliphatic rings. The molecule has 6 rings (SSSR count). The second kappa shape index (κ2) is 22.5. The number of rotatable bonds is 24. The number of hydrogen-bond donors (Lipinski definition) is 2. The zero-order chi connectivity index (χ0) is 43.2. The predicted molar refractivity (Wildman–Crippen MR) is 244 cm³/mol. The van der Waals surface area contributed by atoms with Crippen LogP contribution in [0.3, 0.4) is 0 Å². The smallest absolute Gasteiger partial charge is 0.192 e. The van der Waals surface area contributed by atoms with Gasteiger partial charge >= 0.3 is 0 Å². The van der Waals surface area contributed by atoms with E-state index in [4.69, 9.17) is 39.7 Å². The molecule has 0 radical (unpaired) electrons. The van der Waals surface area contributed by atoms with E-state index in [1.807, 2.05) is 133 Å². The first-order chi connectivity index (χ1) is 29.4. The van der Waals surface area contributed by atoms with Crippen LogP contribution in [0.2, 0.25) is 23.2 Å². The van der Waals surface area contributed by atoms with E-state index in [9.17, 15) is 10.2 Å². The van der Waals surface area contributed by atoms with Gasteiger partial charge in [0.1, 0.15) is 42.9 Å². The van der Waals surface area contributed by atoms with Crippen molar-refractivity contribution in [2.24, 2.45) is 0 Å². The van der Waals surface area contributed by atoms with Crippen LogP contribution in [0.5, 0.6) is 5.75 Å². The van der Waals surface area contributed by atoms with Crippen LogP contribution in [0.15, 0.2) is 133 Å². The first-order valence-corrected chi connectivity index (χ1v) is 24.7. The molecule has 10 heteroatoms. The van der Waals surface area contributed by atoms with Gasteiger partial charge in [-0.25, -0.2) is 0 Å². The molecular formula is C51H63ClO8Si. The first-order valence-electron chi connectivity index (χ1n) is 21.4. The molecule has 1 saturated carbocycles. The van der Waals surface area contributed by atoms with Gasteiger partial charge in [0.15, 0.2) is 8.32 Å². The number of halogens is 1. The molecule has 61 heavy (non-hydrogen) atoms. The summed E-state index contributed by atoms with van der Waals surface area (Å²) in [5.41, 5.74) is 5.25. The second-order valence-electron chi connectivity index (χ2n) is 17.5. The third-order valence-electron chi connectivity index (χ3n) is 11.6. The Morgan fingerprint density at radius 1 is 0.639 bits per heavy atom. The van der Waals surface area contributed by atoms with Gasteiger partial charge in [0.25, 0.3) is 0 Å². The van der Waals surface area contributed by atoms with Crippen LogP contribution in [0, 0.1) is 0 Å². The minimum absolute atomic E-state index is 0.0197. The summed E-state index contributed by atoms with van der Waals surface area (Å²) in [6.07, 6.45) is -2.10. The lowest BCUT2D eigenvalue weighted by molar-refractivity contribution is -0.204. The van der Waals surface area contributed by atoms with Crippen LogP contribution in [-0.4, -0.2) is 68.9 Å². The maximum Gasteiger partial charge on any atom is 0.192 e. The molecule has 0 heterocycles. The van der Waals surface area contributed by atoms with Crippen LogP contribution in [0.4, 0.5) is 0 Å². The Morgan fingerprint density at radius 3 is 1.69 bits per heavy atom. The summed E-state index contributed by atoms with van der Waals surface area (Å²) < 4.78 is 38.6. The number of hydrogen-bond acceptors (Lipinski definition) is 8. The summed E-state index contributed by atoms with van der Waals surface area (Å²) in [4.78, 5) is 0. The topological polar surface area (TPSA) is 95.8 Å². The van der Waals surface area contributed by atoms with E-state index in [0.717, 1.165) is 46.4 Å². The van der Waals surface area contributed by atoms with E-state index in [1.165, 1.54) is 0 Å². The summed E-state index contributed by atoms with van der Waals surface area (Å²) in [6, 6.07) is 43.0. The molecule has 1 aliphatic carbocycles. The number of benzene rings is 5. The molecule has 0 saturated heterocycles. The van der Waals surface area contributed by atoms with Gasteiger partial charge < -0.3 is 38.3 Å². The Kier molecular flexibility index (Phi) is 17.2. The van der Waals surface area contributed by atoms with Crippen LogP contribution in [-0.2, 0) is 49.6 Å². The van der Waals surface area contributed by atoms with Gasteiger partial charge in [-0.05, 0) is 89.0 Å². The van der Waals surface area contributed by atoms with Crippen molar-refractivity contribution < 1.29 is 38.3 Å². The highest BCUT2D eigenvalue weighted by Crippen LogP contribution is 2.37. The maximum absolute atomic E-state index is 12.6. The lowest BCUT2D eigenvalue weighted by Crippen LogP contribution is -2.53. The Labute approximate surface area is 368 Å². The van der Waals surface area contributed by atoms with E-state index < -0.39 is 38.8 Å². The largest absolute Gasteiger partial charge is 0.491 e. The Bertz CT molecular complexity index is 2020. The van der Waals surface area contributed by atoms with Gasteiger partial charge in [0, 0.05) is 5.02 Å². The quantitative estimate of drug-likeness (QED) is 0.0468. The van der Waals surface area contributed by atoms with Crippen LogP contribution in [0.25, 0.3) is 0 Å². The zero-order valence-corrected chi connectivity index (χ0v) is 38.0. The Hall–Kier alpha value is -3.87. The van der Waals surface area contributed by atoms with Gasteiger partial charge in [-0.2, -0.15) is 0 Å². The molecule has 5 atom stereocenters. The van der Waals surface area contributed by atoms with Crippen LogP contribution in [0.1, 0.15) is 73.1 Å². The van der Waals surface area contributed by atoms with E-state index in [2.05, 4.69) is 33.9 Å². The fourth-order valence-corrected chi connectivity index (χ4v) is 7.91. The van der Waals surface area contributed by atoms with Crippen molar-refractivity contribution in [2.45, 2.75) is 115 Å². The van der Waals surface area contributed by atoms with Crippen LogP contribution >= 0.6 is 11.6 Å². The van der Waals surface area contributed by atoms with Gasteiger partial charge in [0.05, 0.1) is 39.1 Å².